The molecule has 3 N–H and O–H groups in total. The number of carbonyl (C=O) groups excluding carboxylic acids is 1. The second-order valence-electron chi connectivity index (χ2n) is 3.91. The fraction of sp³-hybridized carbons (Fsp3) is 0.0769. The molecule has 4 nitrogen and oxygen atoms in total. The second-order valence-corrected chi connectivity index (χ2v) is 4.30. The lowest BCUT2D eigenvalue weighted by Crippen LogP contribution is -2.13. The summed E-state index contributed by atoms with van der Waals surface area (Å²) in [5.74, 6) is -0.269. The van der Waals surface area contributed by atoms with E-state index in [1.54, 1.807) is 24.3 Å². The number of rotatable bonds is 2. The van der Waals surface area contributed by atoms with Crippen LogP contribution in [0.1, 0.15) is 15.9 Å². The summed E-state index contributed by atoms with van der Waals surface area (Å²) in [4.78, 5) is 15.8. The molecule has 0 bridgehead atoms. The highest BCUT2D eigenvalue weighted by Crippen LogP contribution is 2.20. The zero-order valence-electron chi connectivity index (χ0n) is 9.77. The monoisotopic (exact) mass is 261 g/mol. The molecule has 1 heterocycles. The van der Waals surface area contributed by atoms with Gasteiger partial charge in [-0.3, -0.25) is 4.79 Å². The van der Waals surface area contributed by atoms with Gasteiger partial charge in [-0.05, 0) is 36.8 Å². The van der Waals surface area contributed by atoms with Crippen LogP contribution >= 0.6 is 11.6 Å². The minimum absolute atomic E-state index is 0.269. The van der Waals surface area contributed by atoms with Gasteiger partial charge in [-0.1, -0.05) is 17.7 Å². The molecule has 0 saturated carbocycles. The number of pyridine rings is 1. The molecule has 0 aliphatic heterocycles. The van der Waals surface area contributed by atoms with Crippen molar-refractivity contribution in [1.29, 1.82) is 0 Å². The minimum atomic E-state index is -0.269. The number of nitrogens with zero attached hydrogens (tertiary/aromatic N) is 1. The normalized spacial score (nSPS) is 10.1. The van der Waals surface area contributed by atoms with Gasteiger partial charge < -0.3 is 11.1 Å². The molecule has 0 aliphatic carbocycles. The second kappa shape index (κ2) is 5.06. The molecule has 92 valence electrons. The molecule has 18 heavy (non-hydrogen) atoms. The minimum Gasteiger partial charge on any atom is -0.397 e. The van der Waals surface area contributed by atoms with Crippen LogP contribution in [-0.2, 0) is 0 Å². The van der Waals surface area contributed by atoms with E-state index in [9.17, 15) is 4.79 Å². The maximum Gasteiger partial charge on any atom is 0.257 e. The van der Waals surface area contributed by atoms with E-state index in [4.69, 9.17) is 17.3 Å². The van der Waals surface area contributed by atoms with E-state index in [0.29, 0.717) is 22.1 Å². The summed E-state index contributed by atoms with van der Waals surface area (Å²) in [6.07, 6.45) is 1.42. The number of benzene rings is 1. The van der Waals surface area contributed by atoms with Crippen LogP contribution in [0.3, 0.4) is 0 Å². The summed E-state index contributed by atoms with van der Waals surface area (Å²) in [5, 5.41) is 3.07. The summed E-state index contributed by atoms with van der Waals surface area (Å²) >= 11 is 5.66. The van der Waals surface area contributed by atoms with Crippen LogP contribution < -0.4 is 11.1 Å². The Balaban J connectivity index is 2.18. The Hall–Kier alpha value is -2.07. The maximum absolute atomic E-state index is 11.9. The molecule has 1 aromatic carbocycles. The van der Waals surface area contributed by atoms with Crippen molar-refractivity contribution in [3.8, 4) is 0 Å². The average Bonchev–Trinajstić information content (AvgIpc) is 2.33. The van der Waals surface area contributed by atoms with Crippen LogP contribution in [0.4, 0.5) is 11.4 Å². The Kier molecular flexibility index (Phi) is 3.48. The first-order valence-electron chi connectivity index (χ1n) is 5.35. The van der Waals surface area contributed by atoms with Gasteiger partial charge in [0.2, 0.25) is 0 Å². The van der Waals surface area contributed by atoms with Crippen molar-refractivity contribution in [2.45, 2.75) is 6.92 Å². The SMILES string of the molecule is Cc1ccc(NC(=O)c2ccc(Cl)nc2)c(N)c1. The Labute approximate surface area is 110 Å². The van der Waals surface area contributed by atoms with Gasteiger partial charge in [-0.2, -0.15) is 0 Å². The molecule has 0 saturated heterocycles. The van der Waals surface area contributed by atoms with Crippen LogP contribution in [-0.4, -0.2) is 10.9 Å². The van der Waals surface area contributed by atoms with Crippen molar-refractivity contribution >= 4 is 28.9 Å². The summed E-state index contributed by atoms with van der Waals surface area (Å²) < 4.78 is 0. The quantitative estimate of drug-likeness (QED) is 0.645. The Morgan fingerprint density at radius 1 is 1.33 bits per heavy atom. The van der Waals surface area contributed by atoms with Gasteiger partial charge in [0.25, 0.3) is 5.91 Å². The number of nitrogens with two attached hydrogens (primary N) is 1. The lowest BCUT2D eigenvalue weighted by Gasteiger charge is -2.08. The van der Waals surface area contributed by atoms with Gasteiger partial charge in [-0.15, -0.1) is 0 Å². The van der Waals surface area contributed by atoms with Gasteiger partial charge in [0, 0.05) is 6.20 Å². The number of hydrogen-bond acceptors (Lipinski definition) is 3. The van der Waals surface area contributed by atoms with Crippen LogP contribution in [0.25, 0.3) is 0 Å². The summed E-state index contributed by atoms with van der Waals surface area (Å²) in [5.41, 5.74) is 8.41. The van der Waals surface area contributed by atoms with Crippen LogP contribution in [0, 0.1) is 6.92 Å². The van der Waals surface area contributed by atoms with Crippen LogP contribution in [0.5, 0.6) is 0 Å². The molecule has 1 amide bonds. The highest BCUT2D eigenvalue weighted by atomic mass is 35.5. The predicted molar refractivity (Wildman–Crippen MR) is 72.8 cm³/mol. The number of aromatic nitrogens is 1. The standard InChI is InChI=1S/C13H12ClN3O/c1-8-2-4-11(10(15)6-8)17-13(18)9-3-5-12(14)16-7-9/h2-7H,15H2,1H3,(H,17,18). The fourth-order valence-corrected chi connectivity index (χ4v) is 1.61. The highest BCUT2D eigenvalue weighted by Gasteiger charge is 2.08. The van der Waals surface area contributed by atoms with Crippen molar-refractivity contribution in [1.82, 2.24) is 4.98 Å². The highest BCUT2D eigenvalue weighted by molar-refractivity contribution is 6.29. The Morgan fingerprint density at radius 2 is 2.11 bits per heavy atom. The molecular formula is C13H12ClN3O. The Morgan fingerprint density at radius 3 is 2.72 bits per heavy atom. The molecule has 2 rings (SSSR count). The number of aryl methyl sites for hydroxylation is 1. The molecule has 0 aliphatic rings. The predicted octanol–water partition coefficient (Wildman–Crippen LogP) is 2.88. The zero-order valence-corrected chi connectivity index (χ0v) is 10.5. The van der Waals surface area contributed by atoms with Gasteiger partial charge in [0.1, 0.15) is 5.15 Å². The lowest BCUT2D eigenvalue weighted by molar-refractivity contribution is 0.102. The van der Waals surface area contributed by atoms with Gasteiger partial charge in [0.15, 0.2) is 0 Å². The lowest BCUT2D eigenvalue weighted by atomic mass is 10.2. The maximum atomic E-state index is 11.9. The number of nitrogens with one attached hydrogen (secondary N) is 1. The van der Waals surface area contributed by atoms with E-state index >= 15 is 0 Å². The molecule has 2 aromatic rings. The van der Waals surface area contributed by atoms with Gasteiger partial charge in [0.05, 0.1) is 16.9 Å². The number of halogens is 1. The number of nitrogen functional groups attached to an aromatic ring is 1. The third kappa shape index (κ3) is 2.78. The van der Waals surface area contributed by atoms with Gasteiger partial charge >= 0.3 is 0 Å². The van der Waals surface area contributed by atoms with Crippen molar-refractivity contribution in [2.75, 3.05) is 11.1 Å². The smallest absolute Gasteiger partial charge is 0.257 e. The summed E-state index contributed by atoms with van der Waals surface area (Å²) in [6, 6.07) is 8.62. The molecule has 1 aromatic heterocycles. The molecule has 5 heteroatoms. The summed E-state index contributed by atoms with van der Waals surface area (Å²) in [7, 11) is 0. The number of anilines is 2. The van der Waals surface area contributed by atoms with Crippen LogP contribution in [0.2, 0.25) is 5.15 Å². The van der Waals surface area contributed by atoms with Crippen molar-refractivity contribution in [3.05, 3.63) is 52.8 Å². The number of hydrogen-bond donors (Lipinski definition) is 2. The molecule has 0 radical (unpaired) electrons. The van der Waals surface area contributed by atoms with Crippen molar-refractivity contribution < 1.29 is 4.79 Å². The number of amides is 1. The van der Waals surface area contributed by atoms with E-state index in [2.05, 4.69) is 10.3 Å². The number of carbonyl (C=O) groups is 1. The van der Waals surface area contributed by atoms with Gasteiger partial charge in [-0.25, -0.2) is 4.98 Å². The topological polar surface area (TPSA) is 68.0 Å². The fourth-order valence-electron chi connectivity index (χ4n) is 1.50. The molecule has 0 unspecified atom stereocenters. The van der Waals surface area contributed by atoms with E-state index in [0.717, 1.165) is 5.56 Å². The van der Waals surface area contributed by atoms with E-state index in [1.165, 1.54) is 6.20 Å². The first kappa shape index (κ1) is 12.4. The first-order chi connectivity index (χ1) is 8.56. The van der Waals surface area contributed by atoms with Crippen molar-refractivity contribution in [2.24, 2.45) is 0 Å². The van der Waals surface area contributed by atoms with Crippen molar-refractivity contribution in [3.63, 3.8) is 0 Å². The molecular weight excluding hydrogens is 250 g/mol. The van der Waals surface area contributed by atoms with E-state index in [-0.39, 0.29) is 5.91 Å². The van der Waals surface area contributed by atoms with E-state index in [1.807, 2.05) is 13.0 Å². The first-order valence-corrected chi connectivity index (χ1v) is 5.73. The van der Waals surface area contributed by atoms with E-state index < -0.39 is 0 Å². The third-order valence-electron chi connectivity index (χ3n) is 2.44. The zero-order chi connectivity index (χ0) is 13.1. The van der Waals surface area contributed by atoms with Crippen LogP contribution in [0.15, 0.2) is 36.5 Å². The largest absolute Gasteiger partial charge is 0.397 e. The average molecular weight is 262 g/mol. The Bertz CT molecular complexity index is 581. The molecule has 0 atom stereocenters. The summed E-state index contributed by atoms with van der Waals surface area (Å²) in [6.45, 7) is 1.94. The third-order valence-corrected chi connectivity index (χ3v) is 2.67. The molecule has 0 fully saturated rings. The molecule has 0 spiro atoms.